The van der Waals surface area contributed by atoms with Gasteiger partial charge in [0.15, 0.2) is 5.13 Å². The molecule has 10 heteroatoms. The Bertz CT molecular complexity index is 1230. The average molecular weight is 445 g/mol. The SMILES string of the molecule is O=C(Nc1nc2cc(F)ccc2s1)c1ccc(-c2ncc(C(O)CO)cc2Cl)cn1. The number of carbonyl (C=O) groups excluding carboxylic acids is 1. The molecule has 0 aliphatic heterocycles. The highest BCUT2D eigenvalue weighted by molar-refractivity contribution is 7.22. The Morgan fingerprint density at radius 1 is 1.20 bits per heavy atom. The number of anilines is 1. The minimum Gasteiger partial charge on any atom is -0.393 e. The van der Waals surface area contributed by atoms with Gasteiger partial charge in [0, 0.05) is 29.6 Å². The molecule has 3 aromatic heterocycles. The minimum atomic E-state index is -1.06. The van der Waals surface area contributed by atoms with E-state index in [4.69, 9.17) is 16.7 Å². The van der Waals surface area contributed by atoms with E-state index in [0.29, 0.717) is 27.5 Å². The maximum Gasteiger partial charge on any atom is 0.276 e. The minimum absolute atomic E-state index is 0.160. The zero-order valence-electron chi connectivity index (χ0n) is 15.2. The first-order valence-corrected chi connectivity index (χ1v) is 9.92. The Morgan fingerprint density at radius 2 is 2.03 bits per heavy atom. The van der Waals surface area contributed by atoms with Gasteiger partial charge in [-0.25, -0.2) is 9.37 Å². The first-order valence-electron chi connectivity index (χ1n) is 8.73. The van der Waals surface area contributed by atoms with Gasteiger partial charge in [-0.1, -0.05) is 22.9 Å². The number of aliphatic hydroxyl groups is 2. The lowest BCUT2D eigenvalue weighted by atomic mass is 10.1. The first kappa shape index (κ1) is 20.3. The molecule has 1 amide bonds. The maximum atomic E-state index is 13.3. The summed E-state index contributed by atoms with van der Waals surface area (Å²) in [5.41, 5.74) is 2.03. The molecule has 30 heavy (non-hydrogen) atoms. The Morgan fingerprint density at radius 3 is 2.73 bits per heavy atom. The molecular formula is C20H14ClFN4O3S. The van der Waals surface area contributed by atoms with Crippen molar-refractivity contribution < 1.29 is 19.4 Å². The van der Waals surface area contributed by atoms with Crippen LogP contribution in [0, 0.1) is 5.82 Å². The number of pyridine rings is 2. The summed E-state index contributed by atoms with van der Waals surface area (Å²) >= 11 is 7.46. The summed E-state index contributed by atoms with van der Waals surface area (Å²) in [5, 5.41) is 22.0. The number of nitrogens with one attached hydrogen (secondary N) is 1. The number of amides is 1. The van der Waals surface area contributed by atoms with E-state index >= 15 is 0 Å². The fourth-order valence-corrected chi connectivity index (χ4v) is 3.86. The van der Waals surface area contributed by atoms with Crippen molar-refractivity contribution in [3.63, 3.8) is 0 Å². The lowest BCUT2D eigenvalue weighted by Gasteiger charge is -2.10. The van der Waals surface area contributed by atoms with E-state index in [1.807, 2.05) is 0 Å². The predicted molar refractivity (Wildman–Crippen MR) is 112 cm³/mol. The number of carbonyl (C=O) groups is 1. The molecule has 0 bridgehead atoms. The first-order chi connectivity index (χ1) is 14.4. The van der Waals surface area contributed by atoms with Crippen molar-refractivity contribution in [1.82, 2.24) is 15.0 Å². The van der Waals surface area contributed by atoms with Crippen LogP contribution in [0.1, 0.15) is 22.2 Å². The predicted octanol–water partition coefficient (Wildman–Crippen LogP) is 3.82. The van der Waals surface area contributed by atoms with Crippen LogP contribution >= 0.6 is 22.9 Å². The number of fused-ring (bicyclic) bond motifs is 1. The number of thiazole rings is 1. The molecule has 3 N–H and O–H groups in total. The quantitative estimate of drug-likeness (QED) is 0.432. The summed E-state index contributed by atoms with van der Waals surface area (Å²) in [5.74, 6) is -0.851. The van der Waals surface area contributed by atoms with Gasteiger partial charge in [0.05, 0.1) is 27.5 Å². The molecule has 0 fully saturated rings. The van der Waals surface area contributed by atoms with Crippen LogP contribution in [0.15, 0.2) is 48.8 Å². The second-order valence-electron chi connectivity index (χ2n) is 6.31. The van der Waals surface area contributed by atoms with Crippen molar-refractivity contribution in [2.45, 2.75) is 6.10 Å². The second kappa shape index (κ2) is 8.41. The number of nitrogens with zero attached hydrogens (tertiary/aromatic N) is 3. The van der Waals surface area contributed by atoms with Crippen molar-refractivity contribution in [1.29, 1.82) is 0 Å². The molecule has 1 unspecified atom stereocenters. The van der Waals surface area contributed by atoms with Crippen LogP contribution < -0.4 is 5.32 Å². The lowest BCUT2D eigenvalue weighted by molar-refractivity contribution is 0.0953. The van der Waals surface area contributed by atoms with Gasteiger partial charge >= 0.3 is 0 Å². The van der Waals surface area contributed by atoms with Crippen molar-refractivity contribution >= 4 is 44.2 Å². The van der Waals surface area contributed by atoms with Crippen LogP contribution in [0.25, 0.3) is 21.5 Å². The van der Waals surface area contributed by atoms with Crippen molar-refractivity contribution in [3.8, 4) is 11.3 Å². The Kier molecular flexibility index (Phi) is 5.69. The van der Waals surface area contributed by atoms with Crippen LogP contribution in [0.5, 0.6) is 0 Å². The highest BCUT2D eigenvalue weighted by Gasteiger charge is 2.14. The number of aromatic nitrogens is 3. The van der Waals surface area contributed by atoms with E-state index in [-0.39, 0.29) is 10.7 Å². The zero-order chi connectivity index (χ0) is 21.3. The normalized spacial score (nSPS) is 12.1. The van der Waals surface area contributed by atoms with Crippen molar-refractivity contribution in [2.75, 3.05) is 11.9 Å². The third-order valence-corrected chi connectivity index (χ3v) is 5.50. The van der Waals surface area contributed by atoms with E-state index in [1.165, 1.54) is 48.0 Å². The van der Waals surface area contributed by atoms with Crippen LogP contribution in [0.4, 0.5) is 9.52 Å². The van der Waals surface area contributed by atoms with Crippen LogP contribution in [-0.4, -0.2) is 37.7 Å². The Hall–Kier alpha value is -2.98. The van der Waals surface area contributed by atoms with Crippen molar-refractivity contribution in [2.24, 2.45) is 0 Å². The molecule has 3 heterocycles. The van der Waals surface area contributed by atoms with Gasteiger partial charge in [0.1, 0.15) is 17.6 Å². The fourth-order valence-electron chi connectivity index (χ4n) is 2.74. The highest BCUT2D eigenvalue weighted by Crippen LogP contribution is 2.29. The zero-order valence-corrected chi connectivity index (χ0v) is 16.8. The maximum absolute atomic E-state index is 13.3. The third-order valence-electron chi connectivity index (χ3n) is 4.26. The van der Waals surface area contributed by atoms with Crippen LogP contribution in [-0.2, 0) is 0 Å². The molecular weight excluding hydrogens is 431 g/mol. The molecule has 0 spiro atoms. The molecule has 1 aromatic carbocycles. The molecule has 4 rings (SSSR count). The molecule has 0 saturated carbocycles. The van der Waals surface area contributed by atoms with E-state index in [0.717, 1.165) is 4.70 Å². The van der Waals surface area contributed by atoms with Gasteiger partial charge in [0.2, 0.25) is 0 Å². The number of benzene rings is 1. The van der Waals surface area contributed by atoms with Crippen LogP contribution in [0.3, 0.4) is 0 Å². The van der Waals surface area contributed by atoms with Gasteiger partial charge in [-0.05, 0) is 30.3 Å². The van der Waals surface area contributed by atoms with Gasteiger partial charge in [0.25, 0.3) is 5.91 Å². The molecule has 0 aliphatic rings. The molecule has 152 valence electrons. The highest BCUT2D eigenvalue weighted by atomic mass is 35.5. The number of hydrogen-bond acceptors (Lipinski definition) is 7. The summed E-state index contributed by atoms with van der Waals surface area (Å²) in [4.78, 5) is 25.0. The second-order valence-corrected chi connectivity index (χ2v) is 7.75. The fraction of sp³-hybridized carbons (Fsp3) is 0.100. The summed E-state index contributed by atoms with van der Waals surface area (Å²) in [6.45, 7) is -0.438. The van der Waals surface area contributed by atoms with Gasteiger partial charge in [-0.2, -0.15) is 0 Å². The molecule has 7 nitrogen and oxygen atoms in total. The lowest BCUT2D eigenvalue weighted by Crippen LogP contribution is -2.13. The number of halogens is 2. The average Bonchev–Trinajstić information content (AvgIpc) is 3.14. The summed E-state index contributed by atoms with van der Waals surface area (Å²) in [6, 6.07) is 8.92. The molecule has 0 saturated heterocycles. The van der Waals surface area contributed by atoms with E-state index < -0.39 is 24.4 Å². The van der Waals surface area contributed by atoms with Crippen LogP contribution in [0.2, 0.25) is 5.02 Å². The smallest absolute Gasteiger partial charge is 0.276 e. The molecule has 1 atom stereocenters. The van der Waals surface area contributed by atoms with E-state index in [1.54, 1.807) is 12.1 Å². The standard InChI is InChI=1S/C20H14ClFN4O3S/c21-13-5-11(16(28)9-27)8-24-18(13)10-1-3-14(23-7-10)19(29)26-20-25-15-6-12(22)2-4-17(15)30-20/h1-8,16,27-28H,9H2,(H,25,26,29). The summed E-state index contributed by atoms with van der Waals surface area (Å²) < 4.78 is 14.0. The third kappa shape index (κ3) is 4.14. The number of rotatable bonds is 5. The molecule has 4 aromatic rings. The Balaban J connectivity index is 1.52. The van der Waals surface area contributed by atoms with E-state index in [2.05, 4.69) is 20.3 Å². The topological polar surface area (TPSA) is 108 Å². The summed E-state index contributed by atoms with van der Waals surface area (Å²) in [6.07, 6.45) is 1.81. The van der Waals surface area contributed by atoms with E-state index in [9.17, 15) is 14.3 Å². The monoisotopic (exact) mass is 444 g/mol. The van der Waals surface area contributed by atoms with Gasteiger partial charge in [-0.15, -0.1) is 0 Å². The van der Waals surface area contributed by atoms with Crippen molar-refractivity contribution in [3.05, 3.63) is 70.9 Å². The summed E-state index contributed by atoms with van der Waals surface area (Å²) in [7, 11) is 0. The number of hydrogen-bond donors (Lipinski definition) is 3. The Labute approximate surface area is 178 Å². The van der Waals surface area contributed by atoms with Gasteiger partial charge in [-0.3, -0.25) is 20.1 Å². The largest absolute Gasteiger partial charge is 0.393 e. The molecule has 0 radical (unpaired) electrons. The molecule has 0 aliphatic carbocycles. The van der Waals surface area contributed by atoms with Gasteiger partial charge < -0.3 is 10.2 Å². The number of aliphatic hydroxyl groups excluding tert-OH is 2.